The molecule has 0 aliphatic carbocycles. The lowest BCUT2D eigenvalue weighted by molar-refractivity contribution is -0.144. The van der Waals surface area contributed by atoms with Crippen LogP contribution in [-0.2, 0) is 22.6 Å². The third-order valence-electron chi connectivity index (χ3n) is 3.19. The van der Waals surface area contributed by atoms with Crippen molar-refractivity contribution in [1.29, 1.82) is 0 Å². The Bertz CT molecular complexity index is 664. The van der Waals surface area contributed by atoms with Crippen molar-refractivity contribution in [2.45, 2.75) is 19.4 Å². The number of hydrogen-bond donors (Lipinski definition) is 1. The lowest BCUT2D eigenvalue weighted by atomic mass is 10.1. The average Bonchev–Trinajstić information content (AvgIpc) is 2.57. The Morgan fingerprint density at radius 2 is 1.91 bits per heavy atom. The first-order valence-electron chi connectivity index (χ1n) is 7.43. The second-order valence-corrected chi connectivity index (χ2v) is 5.08. The zero-order valence-electron chi connectivity index (χ0n) is 12.9. The fraction of sp³-hybridized carbons (Fsp3) is 0.211. The number of ether oxygens (including phenoxy) is 2. The molecule has 120 valence electrons. The molecule has 0 saturated carbocycles. The third-order valence-corrected chi connectivity index (χ3v) is 3.19. The summed E-state index contributed by atoms with van der Waals surface area (Å²) in [6.07, 6.45) is 2.57. The number of benzene rings is 2. The summed E-state index contributed by atoms with van der Waals surface area (Å²) in [6, 6.07) is 14.3. The van der Waals surface area contributed by atoms with E-state index in [0.717, 1.165) is 16.9 Å². The van der Waals surface area contributed by atoms with Crippen molar-refractivity contribution in [3.05, 3.63) is 72.3 Å². The third kappa shape index (κ3) is 5.87. The molecular formula is C19H20O4. The number of carbonyl (C=O) groups excluding carboxylic acids is 1. The van der Waals surface area contributed by atoms with Crippen molar-refractivity contribution in [3.63, 3.8) is 0 Å². The monoisotopic (exact) mass is 312 g/mol. The maximum absolute atomic E-state index is 11.8. The van der Waals surface area contributed by atoms with E-state index in [4.69, 9.17) is 9.47 Å². The molecule has 4 nitrogen and oxygen atoms in total. The lowest BCUT2D eigenvalue weighted by Crippen LogP contribution is -2.06. The Morgan fingerprint density at radius 1 is 1.13 bits per heavy atom. The molecule has 0 atom stereocenters. The molecule has 0 aliphatic heterocycles. The van der Waals surface area contributed by atoms with E-state index in [1.54, 1.807) is 30.3 Å². The highest BCUT2D eigenvalue weighted by Crippen LogP contribution is 2.15. The van der Waals surface area contributed by atoms with Crippen LogP contribution in [0.3, 0.4) is 0 Å². The summed E-state index contributed by atoms with van der Waals surface area (Å²) in [7, 11) is 0. The minimum Gasteiger partial charge on any atom is -0.508 e. The molecular weight excluding hydrogens is 292 g/mol. The van der Waals surface area contributed by atoms with Crippen LogP contribution in [0.25, 0.3) is 0 Å². The largest absolute Gasteiger partial charge is 0.508 e. The standard InChI is InChI=1S/C19H20O4/c1-2-11-22-18-8-4-5-15(13-18)9-10-19(21)23-14-16-6-3-7-17(20)12-16/h2-8,12-13,20H,1,9-11,14H2. The minimum absolute atomic E-state index is 0.162. The highest BCUT2D eigenvalue weighted by Gasteiger charge is 2.05. The summed E-state index contributed by atoms with van der Waals surface area (Å²) in [6.45, 7) is 4.22. The van der Waals surface area contributed by atoms with E-state index in [1.807, 2.05) is 24.3 Å². The normalized spacial score (nSPS) is 10.1. The predicted octanol–water partition coefficient (Wildman–Crippen LogP) is 3.63. The van der Waals surface area contributed by atoms with Gasteiger partial charge in [0.15, 0.2) is 0 Å². The van der Waals surface area contributed by atoms with E-state index >= 15 is 0 Å². The van der Waals surface area contributed by atoms with Crippen molar-refractivity contribution in [3.8, 4) is 11.5 Å². The molecule has 0 aliphatic rings. The van der Waals surface area contributed by atoms with Gasteiger partial charge in [0.25, 0.3) is 0 Å². The molecule has 4 heteroatoms. The maximum Gasteiger partial charge on any atom is 0.306 e. The van der Waals surface area contributed by atoms with E-state index in [-0.39, 0.29) is 18.3 Å². The van der Waals surface area contributed by atoms with Crippen LogP contribution in [0, 0.1) is 0 Å². The van der Waals surface area contributed by atoms with Crippen LogP contribution in [0.5, 0.6) is 11.5 Å². The number of phenolic OH excluding ortho intramolecular Hbond substituents is 1. The topological polar surface area (TPSA) is 55.8 Å². The number of aryl methyl sites for hydroxylation is 1. The van der Waals surface area contributed by atoms with Gasteiger partial charge in [0.1, 0.15) is 24.7 Å². The molecule has 2 rings (SSSR count). The van der Waals surface area contributed by atoms with Gasteiger partial charge in [-0.05, 0) is 41.8 Å². The first-order chi connectivity index (χ1) is 11.2. The highest BCUT2D eigenvalue weighted by molar-refractivity contribution is 5.69. The maximum atomic E-state index is 11.8. The summed E-state index contributed by atoms with van der Waals surface area (Å²) in [4.78, 5) is 11.8. The Labute approximate surface area is 136 Å². The molecule has 0 fully saturated rings. The quantitative estimate of drug-likeness (QED) is 0.597. The van der Waals surface area contributed by atoms with E-state index in [1.165, 1.54) is 0 Å². The summed E-state index contributed by atoms with van der Waals surface area (Å²) in [5, 5.41) is 9.36. The first-order valence-corrected chi connectivity index (χ1v) is 7.43. The smallest absolute Gasteiger partial charge is 0.306 e. The van der Waals surface area contributed by atoms with Gasteiger partial charge in [-0.3, -0.25) is 4.79 Å². The SMILES string of the molecule is C=CCOc1cccc(CCC(=O)OCc2cccc(O)c2)c1. The van der Waals surface area contributed by atoms with Crippen LogP contribution in [0.2, 0.25) is 0 Å². The van der Waals surface area contributed by atoms with Crippen LogP contribution >= 0.6 is 0 Å². The van der Waals surface area contributed by atoms with Crippen molar-refractivity contribution in [2.24, 2.45) is 0 Å². The number of phenols is 1. The van der Waals surface area contributed by atoms with E-state index in [0.29, 0.717) is 19.4 Å². The predicted molar refractivity (Wildman–Crippen MR) is 88.4 cm³/mol. The van der Waals surface area contributed by atoms with Gasteiger partial charge in [-0.1, -0.05) is 36.9 Å². The summed E-state index contributed by atoms with van der Waals surface area (Å²) >= 11 is 0. The molecule has 0 amide bonds. The van der Waals surface area contributed by atoms with Crippen molar-refractivity contribution in [1.82, 2.24) is 0 Å². The molecule has 0 unspecified atom stereocenters. The van der Waals surface area contributed by atoms with Crippen LogP contribution in [-0.4, -0.2) is 17.7 Å². The Kier molecular flexibility index (Phi) is 6.24. The molecule has 0 aromatic heterocycles. The second kappa shape index (κ2) is 8.63. The molecule has 2 aromatic rings. The molecule has 0 spiro atoms. The van der Waals surface area contributed by atoms with Crippen LogP contribution in [0.4, 0.5) is 0 Å². The molecule has 0 saturated heterocycles. The number of hydrogen-bond acceptors (Lipinski definition) is 4. The van der Waals surface area contributed by atoms with E-state index in [9.17, 15) is 9.90 Å². The van der Waals surface area contributed by atoms with Crippen molar-refractivity contribution in [2.75, 3.05) is 6.61 Å². The zero-order valence-corrected chi connectivity index (χ0v) is 12.9. The molecule has 0 bridgehead atoms. The number of esters is 1. The molecule has 0 heterocycles. The fourth-order valence-electron chi connectivity index (χ4n) is 2.07. The molecule has 2 aromatic carbocycles. The van der Waals surface area contributed by atoms with Gasteiger partial charge in [0.05, 0.1) is 0 Å². The molecule has 23 heavy (non-hydrogen) atoms. The number of rotatable bonds is 8. The summed E-state index contributed by atoms with van der Waals surface area (Å²) in [5.41, 5.74) is 1.78. The molecule has 1 N–H and O–H groups in total. The Balaban J connectivity index is 1.78. The van der Waals surface area contributed by atoms with Crippen LogP contribution < -0.4 is 4.74 Å². The average molecular weight is 312 g/mol. The van der Waals surface area contributed by atoms with E-state index in [2.05, 4.69) is 6.58 Å². The van der Waals surface area contributed by atoms with Gasteiger partial charge >= 0.3 is 5.97 Å². The van der Waals surface area contributed by atoms with Crippen LogP contribution in [0.1, 0.15) is 17.5 Å². The fourth-order valence-corrected chi connectivity index (χ4v) is 2.07. The summed E-state index contributed by atoms with van der Waals surface area (Å²) < 4.78 is 10.7. The number of carbonyl (C=O) groups is 1. The lowest BCUT2D eigenvalue weighted by Gasteiger charge is -2.07. The van der Waals surface area contributed by atoms with Gasteiger partial charge in [-0.15, -0.1) is 0 Å². The summed E-state index contributed by atoms with van der Waals surface area (Å²) in [5.74, 6) is 0.649. The molecule has 0 radical (unpaired) electrons. The van der Waals surface area contributed by atoms with Gasteiger partial charge in [-0.2, -0.15) is 0 Å². The Hall–Kier alpha value is -2.75. The number of aromatic hydroxyl groups is 1. The minimum atomic E-state index is -0.272. The van der Waals surface area contributed by atoms with Gasteiger partial charge in [0.2, 0.25) is 0 Å². The highest BCUT2D eigenvalue weighted by atomic mass is 16.5. The van der Waals surface area contributed by atoms with E-state index < -0.39 is 0 Å². The van der Waals surface area contributed by atoms with Crippen molar-refractivity contribution < 1.29 is 19.4 Å². The van der Waals surface area contributed by atoms with Gasteiger partial charge < -0.3 is 14.6 Å². The van der Waals surface area contributed by atoms with Gasteiger partial charge in [-0.25, -0.2) is 0 Å². The second-order valence-electron chi connectivity index (χ2n) is 5.08. The first kappa shape index (κ1) is 16.6. The Morgan fingerprint density at radius 3 is 2.70 bits per heavy atom. The zero-order chi connectivity index (χ0) is 16.5. The van der Waals surface area contributed by atoms with Crippen molar-refractivity contribution >= 4 is 5.97 Å². The van der Waals surface area contributed by atoms with Crippen LogP contribution in [0.15, 0.2) is 61.2 Å². The van der Waals surface area contributed by atoms with Gasteiger partial charge in [0, 0.05) is 6.42 Å².